The summed E-state index contributed by atoms with van der Waals surface area (Å²) in [5.41, 5.74) is 8.21. The Hall–Kier alpha value is -1.02. The lowest BCUT2D eigenvalue weighted by molar-refractivity contribution is 0.470. The Morgan fingerprint density at radius 2 is 2.06 bits per heavy atom. The molecule has 3 N–H and O–H groups in total. The van der Waals surface area contributed by atoms with Crippen LogP contribution in [-0.4, -0.2) is 11.1 Å². The zero-order chi connectivity index (χ0) is 12.0. The summed E-state index contributed by atoms with van der Waals surface area (Å²) in [6, 6.07) is 6.17. The standard InChI is InChI=1S/C14H23NO/c1-3-5-13(15)7-4-6-12-8-9-14(16)11(2)10-12/h8-10,13,16H,3-7,15H2,1-2H3. The van der Waals surface area contributed by atoms with Gasteiger partial charge in [0.15, 0.2) is 0 Å². The third kappa shape index (κ3) is 4.23. The number of aryl methyl sites for hydroxylation is 2. The molecule has 0 bridgehead atoms. The van der Waals surface area contributed by atoms with Gasteiger partial charge >= 0.3 is 0 Å². The summed E-state index contributed by atoms with van der Waals surface area (Å²) in [6.45, 7) is 4.10. The van der Waals surface area contributed by atoms with Crippen LogP contribution in [0.25, 0.3) is 0 Å². The molecule has 0 aliphatic heterocycles. The molecule has 0 fully saturated rings. The van der Waals surface area contributed by atoms with E-state index < -0.39 is 0 Å². The summed E-state index contributed by atoms with van der Waals surface area (Å²) in [5.74, 6) is 0.381. The first-order valence-corrected chi connectivity index (χ1v) is 6.17. The van der Waals surface area contributed by atoms with Gasteiger partial charge in [0.1, 0.15) is 5.75 Å². The second-order valence-electron chi connectivity index (χ2n) is 4.56. The maximum atomic E-state index is 9.41. The summed E-state index contributed by atoms with van der Waals surface area (Å²) in [5, 5.41) is 9.41. The number of hydrogen-bond acceptors (Lipinski definition) is 2. The number of rotatable bonds is 6. The van der Waals surface area contributed by atoms with Crippen LogP contribution in [0.1, 0.15) is 43.7 Å². The van der Waals surface area contributed by atoms with Gasteiger partial charge in [0.2, 0.25) is 0 Å². The monoisotopic (exact) mass is 221 g/mol. The zero-order valence-electron chi connectivity index (χ0n) is 10.4. The highest BCUT2D eigenvalue weighted by Crippen LogP contribution is 2.18. The van der Waals surface area contributed by atoms with Crippen LogP contribution in [0.3, 0.4) is 0 Å². The zero-order valence-corrected chi connectivity index (χ0v) is 10.4. The van der Waals surface area contributed by atoms with E-state index in [9.17, 15) is 5.11 Å². The molecule has 0 aromatic heterocycles. The predicted octanol–water partition coefficient (Wildman–Crippen LogP) is 3.15. The van der Waals surface area contributed by atoms with Crippen molar-refractivity contribution in [2.45, 2.75) is 52.0 Å². The number of aromatic hydroxyl groups is 1. The highest BCUT2D eigenvalue weighted by Gasteiger charge is 2.02. The van der Waals surface area contributed by atoms with Crippen LogP contribution in [0, 0.1) is 6.92 Å². The first-order valence-electron chi connectivity index (χ1n) is 6.17. The first kappa shape index (κ1) is 13.0. The Labute approximate surface area is 98.5 Å². The van der Waals surface area contributed by atoms with Crippen molar-refractivity contribution in [3.8, 4) is 5.75 Å². The van der Waals surface area contributed by atoms with E-state index in [1.807, 2.05) is 13.0 Å². The van der Waals surface area contributed by atoms with Gasteiger partial charge in [-0.05, 0) is 49.8 Å². The molecule has 1 unspecified atom stereocenters. The van der Waals surface area contributed by atoms with E-state index in [0.29, 0.717) is 11.8 Å². The van der Waals surface area contributed by atoms with Gasteiger partial charge in [-0.2, -0.15) is 0 Å². The van der Waals surface area contributed by atoms with E-state index in [0.717, 1.165) is 31.2 Å². The van der Waals surface area contributed by atoms with E-state index in [1.165, 1.54) is 12.0 Å². The minimum absolute atomic E-state index is 0.350. The maximum Gasteiger partial charge on any atom is 0.118 e. The van der Waals surface area contributed by atoms with Crippen molar-refractivity contribution in [2.24, 2.45) is 5.73 Å². The summed E-state index contributed by atoms with van der Waals surface area (Å²) in [7, 11) is 0. The second kappa shape index (κ2) is 6.54. The number of hydrogen-bond donors (Lipinski definition) is 2. The van der Waals surface area contributed by atoms with Crippen LogP contribution in [0.2, 0.25) is 0 Å². The van der Waals surface area contributed by atoms with Crippen LogP contribution >= 0.6 is 0 Å². The third-order valence-electron chi connectivity index (χ3n) is 2.96. The topological polar surface area (TPSA) is 46.2 Å². The highest BCUT2D eigenvalue weighted by molar-refractivity contribution is 5.34. The van der Waals surface area contributed by atoms with Crippen molar-refractivity contribution < 1.29 is 5.11 Å². The summed E-state index contributed by atoms with van der Waals surface area (Å²) in [4.78, 5) is 0. The Balaban J connectivity index is 2.34. The van der Waals surface area contributed by atoms with Crippen molar-refractivity contribution in [3.05, 3.63) is 29.3 Å². The lowest BCUT2D eigenvalue weighted by atomic mass is 10.0. The molecule has 0 saturated heterocycles. The number of nitrogens with two attached hydrogens (primary N) is 1. The summed E-state index contributed by atoms with van der Waals surface area (Å²) >= 11 is 0. The van der Waals surface area contributed by atoms with Gasteiger partial charge in [-0.3, -0.25) is 0 Å². The molecule has 1 aromatic rings. The molecule has 0 amide bonds. The number of phenols is 1. The SMILES string of the molecule is CCCC(N)CCCc1ccc(O)c(C)c1. The van der Waals surface area contributed by atoms with Gasteiger partial charge in [0, 0.05) is 6.04 Å². The fourth-order valence-electron chi connectivity index (χ4n) is 1.96. The van der Waals surface area contributed by atoms with Crippen LogP contribution in [-0.2, 0) is 6.42 Å². The second-order valence-corrected chi connectivity index (χ2v) is 4.56. The molecule has 2 heteroatoms. The van der Waals surface area contributed by atoms with E-state index in [-0.39, 0.29) is 0 Å². The van der Waals surface area contributed by atoms with Crippen molar-refractivity contribution >= 4 is 0 Å². The van der Waals surface area contributed by atoms with Gasteiger partial charge in [0.25, 0.3) is 0 Å². The van der Waals surface area contributed by atoms with Crippen molar-refractivity contribution in [2.75, 3.05) is 0 Å². The molecule has 2 nitrogen and oxygen atoms in total. The molecule has 0 saturated carbocycles. The molecular weight excluding hydrogens is 198 g/mol. The number of phenolic OH excluding ortho intramolecular Hbond substituents is 1. The average Bonchev–Trinajstić information content (AvgIpc) is 2.24. The Morgan fingerprint density at radius 3 is 2.69 bits per heavy atom. The Bertz CT molecular complexity index is 323. The van der Waals surface area contributed by atoms with Crippen molar-refractivity contribution in [1.29, 1.82) is 0 Å². The van der Waals surface area contributed by atoms with Crippen LogP contribution in [0.4, 0.5) is 0 Å². The Morgan fingerprint density at radius 1 is 1.31 bits per heavy atom. The third-order valence-corrected chi connectivity index (χ3v) is 2.96. The smallest absolute Gasteiger partial charge is 0.118 e. The minimum Gasteiger partial charge on any atom is -0.508 e. The van der Waals surface area contributed by atoms with E-state index >= 15 is 0 Å². The fraction of sp³-hybridized carbons (Fsp3) is 0.571. The van der Waals surface area contributed by atoms with Crippen molar-refractivity contribution in [1.82, 2.24) is 0 Å². The molecule has 16 heavy (non-hydrogen) atoms. The maximum absolute atomic E-state index is 9.41. The minimum atomic E-state index is 0.350. The summed E-state index contributed by atoms with van der Waals surface area (Å²) in [6.07, 6.45) is 5.56. The van der Waals surface area contributed by atoms with Crippen LogP contribution < -0.4 is 5.73 Å². The van der Waals surface area contributed by atoms with Gasteiger partial charge in [-0.15, -0.1) is 0 Å². The summed E-state index contributed by atoms with van der Waals surface area (Å²) < 4.78 is 0. The lowest BCUT2D eigenvalue weighted by Gasteiger charge is -2.10. The fourth-order valence-corrected chi connectivity index (χ4v) is 1.96. The molecular formula is C14H23NO. The molecule has 0 radical (unpaired) electrons. The molecule has 1 atom stereocenters. The van der Waals surface area contributed by atoms with Gasteiger partial charge < -0.3 is 10.8 Å². The van der Waals surface area contributed by atoms with Crippen LogP contribution in [0.15, 0.2) is 18.2 Å². The highest BCUT2D eigenvalue weighted by atomic mass is 16.3. The average molecular weight is 221 g/mol. The van der Waals surface area contributed by atoms with E-state index in [2.05, 4.69) is 13.0 Å². The van der Waals surface area contributed by atoms with Gasteiger partial charge in [0.05, 0.1) is 0 Å². The first-order chi connectivity index (χ1) is 7.63. The normalized spacial score (nSPS) is 12.7. The number of benzene rings is 1. The molecule has 0 aliphatic carbocycles. The largest absolute Gasteiger partial charge is 0.508 e. The van der Waals surface area contributed by atoms with E-state index in [4.69, 9.17) is 5.73 Å². The van der Waals surface area contributed by atoms with E-state index in [1.54, 1.807) is 6.07 Å². The Kier molecular flexibility index (Phi) is 5.33. The lowest BCUT2D eigenvalue weighted by Crippen LogP contribution is -2.19. The molecule has 1 rings (SSSR count). The van der Waals surface area contributed by atoms with Gasteiger partial charge in [-0.1, -0.05) is 25.5 Å². The molecule has 0 spiro atoms. The quantitative estimate of drug-likeness (QED) is 0.775. The molecule has 90 valence electrons. The van der Waals surface area contributed by atoms with Crippen LogP contribution in [0.5, 0.6) is 5.75 Å². The van der Waals surface area contributed by atoms with Crippen molar-refractivity contribution in [3.63, 3.8) is 0 Å². The molecule has 0 aliphatic rings. The predicted molar refractivity (Wildman–Crippen MR) is 68.7 cm³/mol. The van der Waals surface area contributed by atoms with Gasteiger partial charge in [-0.25, -0.2) is 0 Å². The molecule has 1 aromatic carbocycles. The molecule has 0 heterocycles.